The number of nitrogens with zero attached hydrogens (tertiary/aromatic N) is 2. The number of aromatic nitrogens is 1. The molecule has 1 amide bonds. The second kappa shape index (κ2) is 7.66. The molecule has 0 bridgehead atoms. The predicted octanol–water partition coefficient (Wildman–Crippen LogP) is 1.14. The molecule has 0 spiro atoms. The average Bonchev–Trinajstić information content (AvgIpc) is 3.05. The Hall–Kier alpha value is -2.78. The third-order valence-electron chi connectivity index (χ3n) is 4.22. The van der Waals surface area contributed by atoms with E-state index in [1.54, 1.807) is 11.1 Å². The zero-order valence-electron chi connectivity index (χ0n) is 13.5. The molecule has 1 aromatic carbocycles. The molecule has 0 saturated carbocycles. The van der Waals surface area contributed by atoms with Crippen molar-refractivity contribution in [1.82, 2.24) is 20.5 Å². The zero-order chi connectivity index (χ0) is 16.8. The van der Waals surface area contributed by atoms with Crippen LogP contribution in [0.4, 0.5) is 0 Å². The van der Waals surface area contributed by atoms with Crippen molar-refractivity contribution in [3.8, 4) is 6.07 Å². The number of H-pyrrole nitrogens is 1. The van der Waals surface area contributed by atoms with E-state index in [9.17, 15) is 10.1 Å². The Balaban J connectivity index is 1.56. The Kier molecular flexibility index (Phi) is 5.14. The molecule has 0 aliphatic carbocycles. The molecule has 6 heteroatoms. The Morgan fingerprint density at radius 1 is 1.33 bits per heavy atom. The lowest BCUT2D eigenvalue weighted by Crippen LogP contribution is -2.46. The number of nitriles is 1. The Labute approximate surface area is 141 Å². The molecule has 1 aliphatic rings. The van der Waals surface area contributed by atoms with Gasteiger partial charge in [-0.3, -0.25) is 4.79 Å². The van der Waals surface area contributed by atoms with E-state index in [2.05, 4.69) is 21.7 Å². The van der Waals surface area contributed by atoms with Crippen molar-refractivity contribution in [3.05, 3.63) is 47.8 Å². The molecule has 6 nitrogen and oxygen atoms in total. The first-order valence-corrected chi connectivity index (χ1v) is 8.18. The maximum absolute atomic E-state index is 12.3. The summed E-state index contributed by atoms with van der Waals surface area (Å²) in [7, 11) is 0. The highest BCUT2D eigenvalue weighted by molar-refractivity contribution is 5.97. The van der Waals surface area contributed by atoms with Crippen molar-refractivity contribution in [3.63, 3.8) is 0 Å². The van der Waals surface area contributed by atoms with E-state index in [0.717, 1.165) is 25.0 Å². The van der Waals surface area contributed by atoms with Gasteiger partial charge in [-0.25, -0.2) is 0 Å². The van der Waals surface area contributed by atoms with E-state index < -0.39 is 0 Å². The molecule has 3 N–H and O–H groups in total. The van der Waals surface area contributed by atoms with Crippen LogP contribution in [0.1, 0.15) is 5.56 Å². The fraction of sp³-hybridized carbons (Fsp3) is 0.333. The van der Waals surface area contributed by atoms with Gasteiger partial charge in [0, 0.05) is 56.0 Å². The van der Waals surface area contributed by atoms with Gasteiger partial charge in [-0.15, -0.1) is 0 Å². The fourth-order valence-corrected chi connectivity index (χ4v) is 2.90. The number of carbonyl (C=O) groups excluding carboxylic acids is 1. The van der Waals surface area contributed by atoms with Gasteiger partial charge in [0.2, 0.25) is 0 Å². The number of aromatic amines is 1. The fourth-order valence-electron chi connectivity index (χ4n) is 2.90. The van der Waals surface area contributed by atoms with Gasteiger partial charge < -0.3 is 20.5 Å². The molecule has 24 heavy (non-hydrogen) atoms. The summed E-state index contributed by atoms with van der Waals surface area (Å²) < 4.78 is 0. The molecule has 0 radical (unpaired) electrons. The number of nitrogens with one attached hydrogen (secondary N) is 3. The molecule has 1 aliphatic heterocycles. The smallest absolute Gasteiger partial charge is 0.266 e. The minimum atomic E-state index is -0.196. The van der Waals surface area contributed by atoms with Crippen molar-refractivity contribution in [2.24, 2.45) is 0 Å². The van der Waals surface area contributed by atoms with E-state index in [1.807, 2.05) is 30.5 Å². The lowest BCUT2D eigenvalue weighted by molar-refractivity contribution is -0.127. The monoisotopic (exact) mass is 323 g/mol. The van der Waals surface area contributed by atoms with Gasteiger partial charge in [-0.05, 0) is 18.1 Å². The third-order valence-corrected chi connectivity index (χ3v) is 4.22. The SMILES string of the molecule is N#C/C(=C/NCCc1c[nH]c2ccccc12)C(=O)N1CCNCC1. The largest absolute Gasteiger partial charge is 0.389 e. The number of hydrogen-bond donors (Lipinski definition) is 3. The van der Waals surface area contributed by atoms with Crippen molar-refractivity contribution in [1.29, 1.82) is 5.26 Å². The first-order valence-electron chi connectivity index (χ1n) is 8.18. The lowest BCUT2D eigenvalue weighted by Gasteiger charge is -2.27. The number of benzene rings is 1. The molecule has 1 saturated heterocycles. The molecule has 0 atom stereocenters. The molecular weight excluding hydrogens is 302 g/mol. The maximum Gasteiger partial charge on any atom is 0.266 e. The summed E-state index contributed by atoms with van der Waals surface area (Å²) in [4.78, 5) is 17.3. The Morgan fingerprint density at radius 3 is 2.92 bits per heavy atom. The number of para-hydroxylation sites is 1. The van der Waals surface area contributed by atoms with Crippen molar-refractivity contribution >= 4 is 16.8 Å². The van der Waals surface area contributed by atoms with Crippen LogP contribution in [0, 0.1) is 11.3 Å². The number of fused-ring (bicyclic) bond motifs is 1. The quantitative estimate of drug-likeness (QED) is 0.438. The van der Waals surface area contributed by atoms with Crippen LogP contribution in [0.2, 0.25) is 0 Å². The summed E-state index contributed by atoms with van der Waals surface area (Å²) in [5.74, 6) is -0.196. The normalized spacial score (nSPS) is 15.3. The molecule has 3 rings (SSSR count). The van der Waals surface area contributed by atoms with Gasteiger partial charge in [0.1, 0.15) is 11.6 Å². The van der Waals surface area contributed by atoms with Gasteiger partial charge in [0.15, 0.2) is 0 Å². The summed E-state index contributed by atoms with van der Waals surface area (Å²) in [5.41, 5.74) is 2.50. The minimum Gasteiger partial charge on any atom is -0.389 e. The van der Waals surface area contributed by atoms with Crippen LogP contribution in [-0.2, 0) is 11.2 Å². The van der Waals surface area contributed by atoms with Crippen LogP contribution in [0.25, 0.3) is 10.9 Å². The second-order valence-corrected chi connectivity index (χ2v) is 5.78. The van der Waals surface area contributed by atoms with Crippen LogP contribution in [0.5, 0.6) is 0 Å². The van der Waals surface area contributed by atoms with Crippen LogP contribution in [0.15, 0.2) is 42.2 Å². The number of hydrogen-bond acceptors (Lipinski definition) is 4. The molecule has 124 valence electrons. The van der Waals surface area contributed by atoms with Crippen LogP contribution in [0.3, 0.4) is 0 Å². The van der Waals surface area contributed by atoms with Crippen molar-refractivity contribution < 1.29 is 4.79 Å². The van der Waals surface area contributed by atoms with Gasteiger partial charge in [0.25, 0.3) is 5.91 Å². The van der Waals surface area contributed by atoms with E-state index in [-0.39, 0.29) is 11.5 Å². The van der Waals surface area contributed by atoms with E-state index in [4.69, 9.17) is 0 Å². The predicted molar refractivity (Wildman–Crippen MR) is 93.2 cm³/mol. The summed E-state index contributed by atoms with van der Waals surface area (Å²) in [5, 5.41) is 16.7. The highest BCUT2D eigenvalue weighted by Crippen LogP contribution is 2.17. The van der Waals surface area contributed by atoms with Crippen LogP contribution < -0.4 is 10.6 Å². The topological polar surface area (TPSA) is 84.0 Å². The molecule has 2 heterocycles. The van der Waals surface area contributed by atoms with Crippen LogP contribution in [-0.4, -0.2) is 48.5 Å². The molecule has 1 fully saturated rings. The minimum absolute atomic E-state index is 0.163. The molecule has 2 aromatic rings. The third kappa shape index (κ3) is 3.58. The van der Waals surface area contributed by atoms with Crippen molar-refractivity contribution in [2.45, 2.75) is 6.42 Å². The van der Waals surface area contributed by atoms with Gasteiger partial charge >= 0.3 is 0 Å². The van der Waals surface area contributed by atoms with E-state index >= 15 is 0 Å². The summed E-state index contributed by atoms with van der Waals surface area (Å²) in [6.07, 6.45) is 4.37. The Bertz CT molecular complexity index is 780. The Morgan fingerprint density at radius 2 is 2.12 bits per heavy atom. The standard InChI is InChI=1S/C18H21N5O/c19-11-15(18(24)23-9-7-20-8-10-23)12-21-6-5-14-13-22-17-4-2-1-3-16(14)17/h1-4,12-13,20-22H,5-10H2/b15-12-. The van der Waals surface area contributed by atoms with Crippen LogP contribution >= 0.6 is 0 Å². The number of amides is 1. The van der Waals surface area contributed by atoms with Gasteiger partial charge in [0.05, 0.1) is 0 Å². The molecule has 1 aromatic heterocycles. The summed E-state index contributed by atoms with van der Waals surface area (Å²) >= 11 is 0. The summed E-state index contributed by atoms with van der Waals surface area (Å²) in [6, 6.07) is 10.2. The van der Waals surface area contributed by atoms with Gasteiger partial charge in [-0.2, -0.15) is 5.26 Å². The zero-order valence-corrected chi connectivity index (χ0v) is 13.5. The van der Waals surface area contributed by atoms with Crippen molar-refractivity contribution in [2.75, 3.05) is 32.7 Å². The molecular formula is C18H21N5O. The lowest BCUT2D eigenvalue weighted by atomic mass is 10.1. The van der Waals surface area contributed by atoms with E-state index in [1.165, 1.54) is 10.9 Å². The first-order chi connectivity index (χ1) is 11.8. The second-order valence-electron chi connectivity index (χ2n) is 5.78. The number of piperazine rings is 1. The number of carbonyl (C=O) groups is 1. The average molecular weight is 323 g/mol. The maximum atomic E-state index is 12.3. The molecule has 0 unspecified atom stereocenters. The summed E-state index contributed by atoms with van der Waals surface area (Å²) in [6.45, 7) is 3.51. The number of rotatable bonds is 5. The van der Waals surface area contributed by atoms with Gasteiger partial charge in [-0.1, -0.05) is 18.2 Å². The van der Waals surface area contributed by atoms with E-state index in [0.29, 0.717) is 19.6 Å². The highest BCUT2D eigenvalue weighted by atomic mass is 16.2. The first kappa shape index (κ1) is 16.1. The highest BCUT2D eigenvalue weighted by Gasteiger charge is 2.19.